The molecule has 0 spiro atoms. The second-order valence-corrected chi connectivity index (χ2v) is 5.94. The van der Waals surface area contributed by atoms with Gasteiger partial charge in [-0.3, -0.25) is 0 Å². The van der Waals surface area contributed by atoms with Crippen molar-refractivity contribution in [1.82, 2.24) is 0 Å². The Bertz CT molecular complexity index is 646. The minimum Gasteiger partial charge on any atom is -0.376 e. The van der Waals surface area contributed by atoms with Crippen molar-refractivity contribution in [3.63, 3.8) is 0 Å². The molecule has 0 aliphatic carbocycles. The van der Waals surface area contributed by atoms with Gasteiger partial charge in [-0.1, -0.05) is 33.6 Å². The molecule has 1 unspecified atom stereocenters. The van der Waals surface area contributed by atoms with E-state index >= 15 is 0 Å². The van der Waals surface area contributed by atoms with Crippen LogP contribution in [0.25, 0.3) is 0 Å². The summed E-state index contributed by atoms with van der Waals surface area (Å²) >= 11 is 9.48. The first-order chi connectivity index (χ1) is 9.38. The lowest BCUT2D eigenvalue weighted by Gasteiger charge is -2.18. The van der Waals surface area contributed by atoms with Crippen molar-refractivity contribution in [2.24, 2.45) is 0 Å². The van der Waals surface area contributed by atoms with Crippen molar-refractivity contribution in [2.45, 2.75) is 19.9 Å². The molecule has 0 bridgehead atoms. The van der Waals surface area contributed by atoms with E-state index in [0.717, 1.165) is 16.1 Å². The Labute approximate surface area is 130 Å². The van der Waals surface area contributed by atoms with Gasteiger partial charge in [0.25, 0.3) is 0 Å². The molecule has 0 saturated carbocycles. The smallest absolute Gasteiger partial charge is 0.146 e. The van der Waals surface area contributed by atoms with Crippen LogP contribution in [0.2, 0.25) is 5.02 Å². The van der Waals surface area contributed by atoms with Gasteiger partial charge in [0.2, 0.25) is 0 Å². The molecule has 0 radical (unpaired) electrons. The molecule has 20 heavy (non-hydrogen) atoms. The lowest BCUT2D eigenvalue weighted by molar-refractivity contribution is 0.593. The van der Waals surface area contributed by atoms with E-state index in [1.54, 1.807) is 6.07 Å². The molecule has 2 aromatic carbocycles. The van der Waals surface area contributed by atoms with E-state index in [1.807, 2.05) is 19.1 Å². The third-order valence-electron chi connectivity index (χ3n) is 3.05. The van der Waals surface area contributed by atoms with Gasteiger partial charge in [-0.05, 0) is 43.2 Å². The summed E-state index contributed by atoms with van der Waals surface area (Å²) in [5, 5.41) is 3.50. The standard InChI is InChI=1S/C15H13BrClF2N/c1-8-5-14(19)15(7-13(8)18)20-9(2)11-4-3-10(16)6-12(11)17/h3-7,9,20H,1-2H3. The highest BCUT2D eigenvalue weighted by atomic mass is 79.9. The molecule has 1 atom stereocenters. The van der Waals surface area contributed by atoms with Crippen LogP contribution in [0.4, 0.5) is 14.5 Å². The van der Waals surface area contributed by atoms with Gasteiger partial charge in [-0.15, -0.1) is 0 Å². The lowest BCUT2D eigenvalue weighted by Crippen LogP contribution is -2.09. The molecule has 106 valence electrons. The summed E-state index contributed by atoms with van der Waals surface area (Å²) in [7, 11) is 0. The van der Waals surface area contributed by atoms with Gasteiger partial charge in [0.15, 0.2) is 0 Å². The maximum atomic E-state index is 13.8. The Hall–Kier alpha value is -1.13. The maximum absolute atomic E-state index is 13.8. The third-order valence-corrected chi connectivity index (χ3v) is 3.87. The fourth-order valence-electron chi connectivity index (χ4n) is 1.92. The third kappa shape index (κ3) is 3.30. The van der Waals surface area contributed by atoms with Gasteiger partial charge >= 0.3 is 0 Å². The summed E-state index contributed by atoms with van der Waals surface area (Å²) in [5.41, 5.74) is 1.22. The monoisotopic (exact) mass is 359 g/mol. The quantitative estimate of drug-likeness (QED) is 0.722. The molecular weight excluding hydrogens is 348 g/mol. The van der Waals surface area contributed by atoms with Gasteiger partial charge in [0.05, 0.1) is 11.7 Å². The van der Waals surface area contributed by atoms with E-state index in [1.165, 1.54) is 13.0 Å². The topological polar surface area (TPSA) is 12.0 Å². The molecule has 1 nitrogen and oxygen atoms in total. The number of hydrogen-bond acceptors (Lipinski definition) is 1. The highest BCUT2D eigenvalue weighted by Gasteiger charge is 2.13. The molecule has 0 heterocycles. The van der Waals surface area contributed by atoms with Crippen molar-refractivity contribution in [2.75, 3.05) is 5.32 Å². The van der Waals surface area contributed by atoms with Crippen molar-refractivity contribution in [3.05, 3.63) is 62.6 Å². The minimum atomic E-state index is -0.482. The van der Waals surface area contributed by atoms with Crippen LogP contribution in [-0.4, -0.2) is 0 Å². The Kier molecular flexibility index (Phi) is 4.66. The summed E-state index contributed by atoms with van der Waals surface area (Å²) in [6.07, 6.45) is 0. The molecule has 0 aromatic heterocycles. The number of hydrogen-bond donors (Lipinski definition) is 1. The Morgan fingerprint density at radius 3 is 2.50 bits per heavy atom. The molecule has 5 heteroatoms. The summed E-state index contributed by atoms with van der Waals surface area (Å²) < 4.78 is 28.2. The van der Waals surface area contributed by atoms with Crippen LogP contribution in [0.15, 0.2) is 34.8 Å². The predicted molar refractivity (Wildman–Crippen MR) is 82.3 cm³/mol. The van der Waals surface area contributed by atoms with E-state index in [9.17, 15) is 8.78 Å². The number of benzene rings is 2. The first kappa shape index (κ1) is 15.3. The van der Waals surface area contributed by atoms with E-state index in [4.69, 9.17) is 11.6 Å². The van der Waals surface area contributed by atoms with Crippen LogP contribution in [0.1, 0.15) is 24.1 Å². The lowest BCUT2D eigenvalue weighted by atomic mass is 10.1. The van der Waals surface area contributed by atoms with Gasteiger partial charge in [-0.2, -0.15) is 0 Å². The number of rotatable bonds is 3. The van der Waals surface area contributed by atoms with Crippen LogP contribution in [0.3, 0.4) is 0 Å². The molecule has 0 aliphatic heterocycles. The summed E-state index contributed by atoms with van der Waals surface area (Å²) in [6.45, 7) is 3.36. The first-order valence-corrected chi connectivity index (χ1v) is 7.22. The predicted octanol–water partition coefficient (Wildman–Crippen LogP) is 5.86. The van der Waals surface area contributed by atoms with Gasteiger partial charge in [-0.25, -0.2) is 8.78 Å². The highest BCUT2D eigenvalue weighted by molar-refractivity contribution is 9.10. The minimum absolute atomic E-state index is 0.125. The normalized spacial score (nSPS) is 12.3. The van der Waals surface area contributed by atoms with Crippen molar-refractivity contribution in [1.29, 1.82) is 0 Å². The molecule has 0 saturated heterocycles. The van der Waals surface area contributed by atoms with E-state index in [0.29, 0.717) is 5.02 Å². The molecule has 0 fully saturated rings. The van der Waals surface area contributed by atoms with E-state index in [2.05, 4.69) is 21.2 Å². The van der Waals surface area contributed by atoms with Crippen molar-refractivity contribution in [3.8, 4) is 0 Å². The SMILES string of the molecule is Cc1cc(F)c(NC(C)c2ccc(Br)cc2Cl)cc1F. The molecule has 1 N–H and O–H groups in total. The number of nitrogens with one attached hydrogen (secondary N) is 1. The molecule has 0 aliphatic rings. The number of aryl methyl sites for hydroxylation is 1. The highest BCUT2D eigenvalue weighted by Crippen LogP contribution is 2.30. The van der Waals surface area contributed by atoms with Gasteiger partial charge in [0.1, 0.15) is 11.6 Å². The fourth-order valence-corrected chi connectivity index (χ4v) is 2.76. The van der Waals surface area contributed by atoms with Crippen LogP contribution < -0.4 is 5.32 Å². The molecular formula is C15H13BrClF2N. The van der Waals surface area contributed by atoms with Gasteiger partial charge < -0.3 is 5.32 Å². The zero-order valence-electron chi connectivity index (χ0n) is 11.0. The second kappa shape index (κ2) is 6.10. The molecule has 0 amide bonds. The number of anilines is 1. The van der Waals surface area contributed by atoms with Crippen molar-refractivity contribution >= 4 is 33.2 Å². The Balaban J connectivity index is 2.27. The average molecular weight is 361 g/mol. The summed E-state index contributed by atoms with van der Waals surface area (Å²) in [6, 6.07) is 7.55. The molecule has 2 aromatic rings. The van der Waals surface area contributed by atoms with Gasteiger partial charge in [0, 0.05) is 15.6 Å². The van der Waals surface area contributed by atoms with Crippen LogP contribution >= 0.6 is 27.5 Å². The second-order valence-electron chi connectivity index (χ2n) is 4.61. The van der Waals surface area contributed by atoms with E-state index < -0.39 is 11.6 Å². The zero-order chi connectivity index (χ0) is 14.9. The van der Waals surface area contributed by atoms with Crippen LogP contribution in [-0.2, 0) is 0 Å². The fraction of sp³-hybridized carbons (Fsp3) is 0.200. The Morgan fingerprint density at radius 2 is 1.85 bits per heavy atom. The summed E-state index contributed by atoms with van der Waals surface area (Å²) in [5.74, 6) is -0.924. The summed E-state index contributed by atoms with van der Waals surface area (Å²) in [4.78, 5) is 0. The maximum Gasteiger partial charge on any atom is 0.146 e. The van der Waals surface area contributed by atoms with E-state index in [-0.39, 0.29) is 17.3 Å². The van der Waals surface area contributed by atoms with Crippen LogP contribution in [0.5, 0.6) is 0 Å². The Morgan fingerprint density at radius 1 is 1.15 bits per heavy atom. The number of halogens is 4. The van der Waals surface area contributed by atoms with Crippen molar-refractivity contribution < 1.29 is 8.78 Å². The first-order valence-electron chi connectivity index (χ1n) is 6.05. The molecule has 2 rings (SSSR count). The zero-order valence-corrected chi connectivity index (χ0v) is 13.3. The average Bonchev–Trinajstić information content (AvgIpc) is 2.35. The largest absolute Gasteiger partial charge is 0.376 e. The van der Waals surface area contributed by atoms with Crippen LogP contribution in [0, 0.1) is 18.6 Å².